The molecule has 0 bridgehead atoms. The van der Waals surface area contributed by atoms with Crippen LogP contribution in [0.1, 0.15) is 310 Å². The maximum atomic E-state index is 12.8. The summed E-state index contributed by atoms with van der Waals surface area (Å²) in [7, 11) is 0. The maximum absolute atomic E-state index is 12.8. The van der Waals surface area contributed by atoms with Gasteiger partial charge in [0.05, 0.1) is 0 Å². The number of rotatable bonds is 55. The normalized spacial score (nSPS) is 12.4. The zero-order valence-corrected chi connectivity index (χ0v) is 46.5. The second kappa shape index (κ2) is 58.7. The molecule has 0 heterocycles. The van der Waals surface area contributed by atoms with Gasteiger partial charge in [-0.1, -0.05) is 287 Å². The topological polar surface area (TPSA) is 78.9 Å². The molecule has 0 aromatic carbocycles. The average Bonchev–Trinajstić information content (AvgIpc) is 3.36. The van der Waals surface area contributed by atoms with E-state index in [1.807, 2.05) is 0 Å². The van der Waals surface area contributed by atoms with E-state index in [1.165, 1.54) is 173 Å². The van der Waals surface area contributed by atoms with Crippen molar-refractivity contribution in [2.45, 2.75) is 316 Å². The predicted octanol–water partition coefficient (Wildman–Crippen LogP) is 20.4. The monoisotopic (exact) mass is 979 g/mol. The number of hydrogen-bond acceptors (Lipinski definition) is 6. The van der Waals surface area contributed by atoms with Crippen molar-refractivity contribution in [1.82, 2.24) is 0 Å². The lowest BCUT2D eigenvalue weighted by Crippen LogP contribution is -2.30. The van der Waals surface area contributed by atoms with Gasteiger partial charge in [0.15, 0.2) is 6.10 Å². The Balaban J connectivity index is 4.24. The van der Waals surface area contributed by atoms with Gasteiger partial charge in [0, 0.05) is 19.3 Å². The number of carbonyl (C=O) groups is 3. The number of hydrogen-bond donors (Lipinski definition) is 0. The molecule has 0 fully saturated rings. The summed E-state index contributed by atoms with van der Waals surface area (Å²) >= 11 is 0. The first-order valence-electron chi connectivity index (χ1n) is 30.3. The van der Waals surface area contributed by atoms with Crippen molar-refractivity contribution >= 4 is 17.9 Å². The highest BCUT2D eigenvalue weighted by molar-refractivity contribution is 5.71. The molecule has 406 valence electrons. The fourth-order valence-electron chi connectivity index (χ4n) is 8.77. The Morgan fingerprint density at radius 2 is 0.557 bits per heavy atom. The Morgan fingerprint density at radius 1 is 0.300 bits per heavy atom. The van der Waals surface area contributed by atoms with Crippen molar-refractivity contribution in [3.05, 3.63) is 60.8 Å². The molecule has 0 N–H and O–H groups in total. The summed E-state index contributed by atoms with van der Waals surface area (Å²) in [5, 5.41) is 0. The van der Waals surface area contributed by atoms with Gasteiger partial charge in [0.1, 0.15) is 13.2 Å². The van der Waals surface area contributed by atoms with Gasteiger partial charge >= 0.3 is 17.9 Å². The molecule has 0 aromatic rings. The lowest BCUT2D eigenvalue weighted by molar-refractivity contribution is -0.167. The molecule has 0 aliphatic heterocycles. The zero-order chi connectivity index (χ0) is 50.7. The lowest BCUT2D eigenvalue weighted by Gasteiger charge is -2.18. The molecule has 0 saturated heterocycles. The van der Waals surface area contributed by atoms with Crippen LogP contribution in [0.5, 0.6) is 0 Å². The van der Waals surface area contributed by atoms with E-state index in [0.717, 1.165) is 96.3 Å². The Hall–Kier alpha value is -2.89. The molecule has 1 atom stereocenters. The van der Waals surface area contributed by atoms with Crippen LogP contribution in [-0.2, 0) is 28.6 Å². The van der Waals surface area contributed by atoms with Crippen LogP contribution in [0.4, 0.5) is 0 Å². The molecular weight excluding hydrogens is 865 g/mol. The van der Waals surface area contributed by atoms with Crippen LogP contribution in [0.2, 0.25) is 0 Å². The third-order valence-electron chi connectivity index (χ3n) is 13.3. The molecule has 0 aliphatic rings. The smallest absolute Gasteiger partial charge is 0.306 e. The third-order valence-corrected chi connectivity index (χ3v) is 13.3. The number of esters is 3. The molecule has 6 heteroatoms. The molecule has 0 spiro atoms. The number of ether oxygens (including phenoxy) is 3. The number of carbonyl (C=O) groups excluding carboxylic acids is 3. The maximum Gasteiger partial charge on any atom is 0.306 e. The largest absolute Gasteiger partial charge is 0.462 e. The summed E-state index contributed by atoms with van der Waals surface area (Å²) in [6, 6.07) is 0. The highest BCUT2D eigenvalue weighted by Crippen LogP contribution is 2.17. The van der Waals surface area contributed by atoms with E-state index in [0.29, 0.717) is 19.3 Å². The summed E-state index contributed by atoms with van der Waals surface area (Å²) in [5.41, 5.74) is 0. The first-order chi connectivity index (χ1) is 34.5. The first kappa shape index (κ1) is 67.1. The molecule has 0 amide bonds. The van der Waals surface area contributed by atoms with Crippen LogP contribution in [-0.4, -0.2) is 37.2 Å². The SMILES string of the molecule is CC/C=C\C/C=C\C/C=C\C/C=C\C/C=C\CCCCCC(=O)OC(COC(=O)CCCCCCCCCCC)COC(=O)CCCCCCCCCCCCCCCCCCCCCCCCCC. The summed E-state index contributed by atoms with van der Waals surface area (Å²) in [4.78, 5) is 38.1. The minimum Gasteiger partial charge on any atom is -0.462 e. The second-order valence-corrected chi connectivity index (χ2v) is 20.2. The molecule has 70 heavy (non-hydrogen) atoms. The van der Waals surface area contributed by atoms with Crippen LogP contribution in [0.25, 0.3) is 0 Å². The van der Waals surface area contributed by atoms with Crippen LogP contribution < -0.4 is 0 Å². The van der Waals surface area contributed by atoms with E-state index < -0.39 is 6.10 Å². The van der Waals surface area contributed by atoms with E-state index in [1.54, 1.807) is 0 Å². The first-order valence-corrected chi connectivity index (χ1v) is 30.3. The van der Waals surface area contributed by atoms with E-state index in [4.69, 9.17) is 14.2 Å². The standard InChI is InChI=1S/C64H114O6/c1-4-7-10-13-16-19-21-23-25-27-29-30-31-32-33-35-36-38-40-42-45-48-51-54-57-63(66)69-60-61(59-68-62(65)56-53-50-47-44-18-15-12-9-6-3)70-64(67)58-55-52-49-46-43-41-39-37-34-28-26-24-22-20-17-14-11-8-5-2/h8,11,17,20,24,26,34,37,41,43,61H,4-7,9-10,12-16,18-19,21-23,25,27-33,35-36,38-40,42,44-60H2,1-3H3/b11-8-,20-17-,26-24-,37-34-,43-41-. The van der Waals surface area contributed by atoms with Gasteiger partial charge in [-0.2, -0.15) is 0 Å². The van der Waals surface area contributed by atoms with E-state index in [9.17, 15) is 14.4 Å². The van der Waals surface area contributed by atoms with Crippen LogP contribution in [0, 0.1) is 0 Å². The summed E-state index contributed by atoms with van der Waals surface area (Å²) in [6.07, 6.45) is 73.8. The quantitative estimate of drug-likeness (QED) is 0.0261. The van der Waals surface area contributed by atoms with Crippen molar-refractivity contribution in [2.75, 3.05) is 13.2 Å². The molecule has 6 nitrogen and oxygen atoms in total. The van der Waals surface area contributed by atoms with Crippen LogP contribution in [0.3, 0.4) is 0 Å². The summed E-state index contributed by atoms with van der Waals surface area (Å²) < 4.78 is 16.8. The predicted molar refractivity (Wildman–Crippen MR) is 302 cm³/mol. The summed E-state index contributed by atoms with van der Waals surface area (Å²) in [6.45, 7) is 6.52. The highest BCUT2D eigenvalue weighted by Gasteiger charge is 2.19. The molecule has 0 aromatic heterocycles. The molecule has 1 unspecified atom stereocenters. The Bertz CT molecular complexity index is 1260. The van der Waals surface area contributed by atoms with Crippen molar-refractivity contribution in [3.63, 3.8) is 0 Å². The average molecular weight is 980 g/mol. The minimum atomic E-state index is -0.788. The van der Waals surface area contributed by atoms with Gasteiger partial charge in [0.25, 0.3) is 0 Å². The zero-order valence-electron chi connectivity index (χ0n) is 46.5. The lowest BCUT2D eigenvalue weighted by atomic mass is 10.0. The van der Waals surface area contributed by atoms with Gasteiger partial charge in [-0.3, -0.25) is 14.4 Å². The minimum absolute atomic E-state index is 0.0840. The Labute approximate surface area is 434 Å². The number of allylic oxidation sites excluding steroid dienone is 10. The van der Waals surface area contributed by atoms with Crippen molar-refractivity contribution < 1.29 is 28.6 Å². The van der Waals surface area contributed by atoms with E-state index >= 15 is 0 Å². The van der Waals surface area contributed by atoms with E-state index in [2.05, 4.69) is 81.5 Å². The van der Waals surface area contributed by atoms with Gasteiger partial charge < -0.3 is 14.2 Å². The molecule has 0 aliphatic carbocycles. The molecule has 0 saturated carbocycles. The van der Waals surface area contributed by atoms with Crippen molar-refractivity contribution in [3.8, 4) is 0 Å². The summed E-state index contributed by atoms with van der Waals surface area (Å²) in [5.74, 6) is -0.905. The van der Waals surface area contributed by atoms with Gasteiger partial charge in [-0.15, -0.1) is 0 Å². The van der Waals surface area contributed by atoms with Crippen molar-refractivity contribution in [1.29, 1.82) is 0 Å². The van der Waals surface area contributed by atoms with Gasteiger partial charge in [0.2, 0.25) is 0 Å². The Morgan fingerprint density at radius 3 is 0.871 bits per heavy atom. The van der Waals surface area contributed by atoms with Gasteiger partial charge in [-0.25, -0.2) is 0 Å². The molecule has 0 rings (SSSR count). The third kappa shape index (κ3) is 56.0. The van der Waals surface area contributed by atoms with Crippen LogP contribution in [0.15, 0.2) is 60.8 Å². The van der Waals surface area contributed by atoms with E-state index in [-0.39, 0.29) is 31.1 Å². The fourth-order valence-corrected chi connectivity index (χ4v) is 8.77. The Kier molecular flexibility index (Phi) is 56.3. The van der Waals surface area contributed by atoms with Crippen molar-refractivity contribution in [2.24, 2.45) is 0 Å². The van der Waals surface area contributed by atoms with Gasteiger partial charge in [-0.05, 0) is 64.2 Å². The highest BCUT2D eigenvalue weighted by atomic mass is 16.6. The molecule has 0 radical (unpaired) electrons. The second-order valence-electron chi connectivity index (χ2n) is 20.2. The number of unbranched alkanes of at least 4 members (excludes halogenated alkanes) is 34. The fraction of sp³-hybridized carbons (Fsp3) is 0.797. The molecular formula is C64H114O6. The van der Waals surface area contributed by atoms with Crippen LogP contribution >= 0.6 is 0 Å².